The Morgan fingerprint density at radius 1 is 1.47 bits per heavy atom. The summed E-state index contributed by atoms with van der Waals surface area (Å²) in [6.45, 7) is 7.96. The van der Waals surface area contributed by atoms with Crippen molar-refractivity contribution in [1.29, 1.82) is 0 Å². The minimum absolute atomic E-state index is 0.0196. The quantitative estimate of drug-likeness (QED) is 0.590. The normalized spacial score (nSPS) is 26.5. The van der Waals surface area contributed by atoms with E-state index < -0.39 is 11.4 Å². The van der Waals surface area contributed by atoms with Gasteiger partial charge in [-0.05, 0) is 34.1 Å². The number of aliphatic hydroxyl groups excluding tert-OH is 1. The lowest BCUT2D eigenvalue weighted by atomic mass is 9.95. The van der Waals surface area contributed by atoms with E-state index in [0.717, 1.165) is 0 Å². The first-order valence-corrected chi connectivity index (χ1v) is 6.63. The zero-order valence-corrected chi connectivity index (χ0v) is 12.2. The first-order valence-electron chi connectivity index (χ1n) is 6.63. The Bertz CT molecular complexity index is 348. The molecule has 0 radical (unpaired) electrons. The van der Waals surface area contributed by atoms with Crippen molar-refractivity contribution in [1.82, 2.24) is 0 Å². The fraction of sp³-hybridized carbons (Fsp3) is 0.786. The topological polar surface area (TPSA) is 65.0 Å². The molecule has 0 aromatic heterocycles. The van der Waals surface area contributed by atoms with E-state index in [1.54, 1.807) is 19.9 Å². The van der Waals surface area contributed by atoms with Gasteiger partial charge in [-0.25, -0.2) is 4.79 Å². The Balaban J connectivity index is 2.70. The fourth-order valence-electron chi connectivity index (χ4n) is 2.08. The van der Waals surface area contributed by atoms with E-state index in [-0.39, 0.29) is 12.6 Å². The molecule has 0 aromatic carbocycles. The molecule has 1 fully saturated rings. The second kappa shape index (κ2) is 6.50. The summed E-state index contributed by atoms with van der Waals surface area (Å²) in [4.78, 5) is 11.5. The van der Waals surface area contributed by atoms with Gasteiger partial charge in [0.1, 0.15) is 5.60 Å². The zero-order valence-electron chi connectivity index (χ0n) is 12.2. The highest BCUT2D eigenvalue weighted by molar-refractivity contribution is 5.87. The highest BCUT2D eigenvalue weighted by atomic mass is 16.8. The smallest absolute Gasteiger partial charge is 0.333 e. The second-order valence-electron chi connectivity index (χ2n) is 5.26. The second-order valence-corrected chi connectivity index (χ2v) is 5.26. The van der Waals surface area contributed by atoms with Crippen LogP contribution in [0.2, 0.25) is 0 Å². The molecule has 1 saturated heterocycles. The molecule has 5 nitrogen and oxygen atoms in total. The molecule has 0 unspecified atom stereocenters. The molecule has 0 saturated carbocycles. The Labute approximate surface area is 114 Å². The molecule has 19 heavy (non-hydrogen) atoms. The van der Waals surface area contributed by atoms with Crippen molar-refractivity contribution in [3.05, 3.63) is 11.6 Å². The number of rotatable bonds is 6. The summed E-state index contributed by atoms with van der Waals surface area (Å²) in [6.07, 6.45) is 2.78. The van der Waals surface area contributed by atoms with Crippen LogP contribution in [0.25, 0.3) is 0 Å². The molecule has 1 aliphatic rings. The van der Waals surface area contributed by atoms with Crippen LogP contribution in [0.5, 0.6) is 0 Å². The Morgan fingerprint density at radius 3 is 2.63 bits per heavy atom. The number of esters is 1. The minimum Gasteiger partial charge on any atom is -0.463 e. The number of hydrogen-bond donors (Lipinski definition) is 1. The molecular weight excluding hydrogens is 248 g/mol. The van der Waals surface area contributed by atoms with Gasteiger partial charge in [0.05, 0.1) is 13.2 Å². The predicted octanol–water partition coefficient (Wildman–Crippen LogP) is 1.79. The summed E-state index contributed by atoms with van der Waals surface area (Å²) in [5.74, 6) is -0.972. The van der Waals surface area contributed by atoms with E-state index in [9.17, 15) is 9.90 Å². The van der Waals surface area contributed by atoms with Crippen LogP contribution in [0, 0.1) is 0 Å². The van der Waals surface area contributed by atoms with Gasteiger partial charge >= 0.3 is 5.97 Å². The average molecular weight is 272 g/mol. The molecule has 0 spiro atoms. The lowest BCUT2D eigenvalue weighted by molar-refractivity contribution is -0.163. The highest BCUT2D eigenvalue weighted by Gasteiger charge is 2.44. The molecule has 0 bridgehead atoms. The summed E-state index contributed by atoms with van der Waals surface area (Å²) in [7, 11) is 0. The van der Waals surface area contributed by atoms with Crippen LogP contribution in [-0.4, -0.2) is 42.3 Å². The van der Waals surface area contributed by atoms with Crippen molar-refractivity contribution in [2.75, 3.05) is 19.8 Å². The van der Waals surface area contributed by atoms with Crippen LogP contribution in [0.1, 0.15) is 40.5 Å². The monoisotopic (exact) mass is 272 g/mol. The predicted molar refractivity (Wildman–Crippen MR) is 70.6 cm³/mol. The summed E-state index contributed by atoms with van der Waals surface area (Å²) in [5, 5.41) is 9.17. The summed E-state index contributed by atoms with van der Waals surface area (Å²) < 4.78 is 16.4. The molecule has 0 aromatic rings. The summed E-state index contributed by atoms with van der Waals surface area (Å²) in [6, 6.07) is 0. The SMILES string of the molecule is CCOC(=O)/C(C)=C/C[C@@]1(CCO)COC(C)(C)O1. The molecule has 1 atom stereocenters. The van der Waals surface area contributed by atoms with Gasteiger partial charge in [-0.15, -0.1) is 0 Å². The van der Waals surface area contributed by atoms with Gasteiger partial charge in [-0.2, -0.15) is 0 Å². The molecule has 1 aliphatic heterocycles. The average Bonchev–Trinajstić information content (AvgIpc) is 2.63. The largest absolute Gasteiger partial charge is 0.463 e. The number of hydrogen-bond acceptors (Lipinski definition) is 5. The van der Waals surface area contributed by atoms with E-state index in [4.69, 9.17) is 14.2 Å². The van der Waals surface area contributed by atoms with Crippen molar-refractivity contribution in [2.24, 2.45) is 0 Å². The standard InChI is InChI=1S/C14H24O5/c1-5-17-12(16)11(2)6-7-14(8-9-15)10-18-13(3,4)19-14/h6,15H,5,7-10H2,1-4H3/b11-6+/t14-/m1/s1. The van der Waals surface area contributed by atoms with E-state index in [1.165, 1.54) is 0 Å². The van der Waals surface area contributed by atoms with Crippen LogP contribution in [0.15, 0.2) is 11.6 Å². The zero-order chi connectivity index (χ0) is 14.5. The van der Waals surface area contributed by atoms with Gasteiger partial charge in [0.2, 0.25) is 0 Å². The van der Waals surface area contributed by atoms with Crippen LogP contribution in [-0.2, 0) is 19.0 Å². The number of carbonyl (C=O) groups excluding carboxylic acids is 1. The van der Waals surface area contributed by atoms with Gasteiger partial charge < -0.3 is 19.3 Å². The van der Waals surface area contributed by atoms with Crippen LogP contribution in [0.3, 0.4) is 0 Å². The molecular formula is C14H24O5. The third-order valence-electron chi connectivity index (χ3n) is 3.09. The molecule has 1 rings (SSSR count). The maximum absolute atomic E-state index is 11.5. The van der Waals surface area contributed by atoms with Crippen LogP contribution < -0.4 is 0 Å². The van der Waals surface area contributed by atoms with Crippen LogP contribution in [0.4, 0.5) is 0 Å². The van der Waals surface area contributed by atoms with Gasteiger partial charge in [-0.1, -0.05) is 6.08 Å². The maximum atomic E-state index is 11.5. The van der Waals surface area contributed by atoms with Gasteiger partial charge in [-0.3, -0.25) is 0 Å². The Kier molecular flexibility index (Phi) is 5.52. The highest BCUT2D eigenvalue weighted by Crippen LogP contribution is 2.36. The van der Waals surface area contributed by atoms with Crippen molar-refractivity contribution >= 4 is 5.97 Å². The molecule has 0 amide bonds. The molecule has 110 valence electrons. The van der Waals surface area contributed by atoms with E-state index in [2.05, 4.69) is 0 Å². The molecule has 1 heterocycles. The van der Waals surface area contributed by atoms with Crippen molar-refractivity contribution < 1.29 is 24.1 Å². The number of ether oxygens (including phenoxy) is 3. The van der Waals surface area contributed by atoms with Gasteiger partial charge in [0, 0.05) is 18.6 Å². The van der Waals surface area contributed by atoms with E-state index in [1.807, 2.05) is 13.8 Å². The minimum atomic E-state index is -0.652. The first-order chi connectivity index (χ1) is 8.84. The number of aliphatic hydroxyl groups is 1. The summed E-state index contributed by atoms with van der Waals surface area (Å²) in [5.41, 5.74) is -0.0149. The van der Waals surface area contributed by atoms with E-state index >= 15 is 0 Å². The molecule has 5 heteroatoms. The number of carbonyl (C=O) groups is 1. The van der Waals surface area contributed by atoms with Gasteiger partial charge in [0.25, 0.3) is 0 Å². The van der Waals surface area contributed by atoms with Crippen LogP contribution >= 0.6 is 0 Å². The summed E-state index contributed by atoms with van der Waals surface area (Å²) >= 11 is 0. The fourth-order valence-corrected chi connectivity index (χ4v) is 2.08. The lowest BCUT2D eigenvalue weighted by Crippen LogP contribution is -2.35. The Hall–Kier alpha value is -0.910. The third kappa shape index (κ3) is 4.60. The first kappa shape index (κ1) is 16.1. The van der Waals surface area contributed by atoms with Crippen molar-refractivity contribution in [3.63, 3.8) is 0 Å². The van der Waals surface area contributed by atoms with E-state index in [0.29, 0.717) is 31.6 Å². The maximum Gasteiger partial charge on any atom is 0.333 e. The lowest BCUT2D eigenvalue weighted by Gasteiger charge is -2.27. The molecule has 0 aliphatic carbocycles. The van der Waals surface area contributed by atoms with Crippen molar-refractivity contribution in [3.8, 4) is 0 Å². The Morgan fingerprint density at radius 2 is 2.16 bits per heavy atom. The molecule has 1 N–H and O–H groups in total. The van der Waals surface area contributed by atoms with Crippen molar-refractivity contribution in [2.45, 2.75) is 51.9 Å². The third-order valence-corrected chi connectivity index (χ3v) is 3.09. The van der Waals surface area contributed by atoms with Gasteiger partial charge in [0.15, 0.2) is 5.79 Å².